The Hall–Kier alpha value is -1.87. The summed E-state index contributed by atoms with van der Waals surface area (Å²) in [5.74, 6) is 1.56. The fourth-order valence-electron chi connectivity index (χ4n) is 2.37. The normalized spacial score (nSPS) is 17.1. The van der Waals surface area contributed by atoms with Crippen molar-refractivity contribution in [2.75, 3.05) is 25.0 Å². The highest BCUT2D eigenvalue weighted by Crippen LogP contribution is 2.15. The van der Waals surface area contributed by atoms with Crippen LogP contribution in [0.4, 0.5) is 5.82 Å². The molecule has 0 spiro atoms. The maximum Gasteiger partial charge on any atom is 0.252 e. The molecule has 2 rings (SSSR count). The van der Waals surface area contributed by atoms with Crippen molar-refractivity contribution in [3.05, 3.63) is 22.2 Å². The largest absolute Gasteiger partial charge is 0.367 e. The molecule has 2 heterocycles. The molecule has 1 aromatic rings. The average Bonchev–Trinajstić information content (AvgIpc) is 2.40. The number of nitrogens with zero attached hydrogens (tertiary/aromatic N) is 3. The Balaban J connectivity index is 1.98. The van der Waals surface area contributed by atoms with Gasteiger partial charge >= 0.3 is 0 Å². The molecule has 0 aliphatic carbocycles. The molecule has 1 saturated heterocycles. The van der Waals surface area contributed by atoms with Crippen LogP contribution in [0, 0.1) is 11.3 Å². The van der Waals surface area contributed by atoms with Gasteiger partial charge in [-0.25, -0.2) is 4.98 Å². The van der Waals surface area contributed by atoms with E-state index in [0.717, 1.165) is 25.9 Å². The molecule has 108 valence electrons. The smallest absolute Gasteiger partial charge is 0.252 e. The third-order valence-electron chi connectivity index (χ3n) is 3.54. The number of hydrogen-bond acceptors (Lipinski definition) is 5. The molecule has 20 heavy (non-hydrogen) atoms. The fourth-order valence-corrected chi connectivity index (χ4v) is 2.37. The van der Waals surface area contributed by atoms with E-state index in [4.69, 9.17) is 5.26 Å². The van der Waals surface area contributed by atoms with Gasteiger partial charge in [-0.3, -0.25) is 9.69 Å². The third kappa shape index (κ3) is 3.81. The molecular weight excluding hydrogens is 254 g/mol. The van der Waals surface area contributed by atoms with Crippen LogP contribution in [-0.4, -0.2) is 40.5 Å². The second-order valence-electron chi connectivity index (χ2n) is 5.52. The van der Waals surface area contributed by atoms with Crippen molar-refractivity contribution in [2.45, 2.75) is 38.6 Å². The van der Waals surface area contributed by atoms with Gasteiger partial charge in [0.1, 0.15) is 11.6 Å². The molecular formula is C14H21N5O. The first kappa shape index (κ1) is 14.5. The van der Waals surface area contributed by atoms with Crippen LogP contribution in [0.2, 0.25) is 0 Å². The highest BCUT2D eigenvalue weighted by atomic mass is 16.1. The number of nitriles is 1. The van der Waals surface area contributed by atoms with Crippen molar-refractivity contribution in [3.63, 3.8) is 0 Å². The van der Waals surface area contributed by atoms with E-state index in [1.807, 2.05) is 13.8 Å². The molecule has 1 aromatic heterocycles. The Morgan fingerprint density at radius 2 is 2.25 bits per heavy atom. The van der Waals surface area contributed by atoms with Crippen molar-refractivity contribution < 1.29 is 0 Å². The number of anilines is 1. The number of piperidine rings is 1. The van der Waals surface area contributed by atoms with Gasteiger partial charge in [-0.15, -0.1) is 0 Å². The van der Waals surface area contributed by atoms with Crippen LogP contribution in [0.1, 0.15) is 38.4 Å². The minimum atomic E-state index is -0.117. The number of aromatic nitrogens is 2. The highest BCUT2D eigenvalue weighted by molar-refractivity contribution is 5.34. The van der Waals surface area contributed by atoms with E-state index in [-0.39, 0.29) is 11.5 Å². The summed E-state index contributed by atoms with van der Waals surface area (Å²) >= 11 is 0. The number of aromatic amines is 1. The van der Waals surface area contributed by atoms with Crippen LogP contribution >= 0.6 is 0 Å². The van der Waals surface area contributed by atoms with E-state index < -0.39 is 0 Å². The topological polar surface area (TPSA) is 84.8 Å². The fraction of sp³-hybridized carbons (Fsp3) is 0.643. The van der Waals surface area contributed by atoms with Crippen molar-refractivity contribution >= 4 is 5.82 Å². The molecule has 6 heteroatoms. The van der Waals surface area contributed by atoms with Crippen LogP contribution in [0.5, 0.6) is 0 Å². The van der Waals surface area contributed by atoms with Gasteiger partial charge in [0.2, 0.25) is 0 Å². The summed E-state index contributed by atoms with van der Waals surface area (Å²) in [7, 11) is 0. The second kappa shape index (κ2) is 6.53. The first-order chi connectivity index (χ1) is 9.58. The zero-order valence-corrected chi connectivity index (χ0v) is 12.0. The van der Waals surface area contributed by atoms with Crippen LogP contribution in [0.3, 0.4) is 0 Å². The predicted molar refractivity (Wildman–Crippen MR) is 77.6 cm³/mol. The van der Waals surface area contributed by atoms with Gasteiger partial charge in [0.25, 0.3) is 5.56 Å². The molecule has 0 amide bonds. The standard InChI is InChI=1S/C14H21N5O/c1-10(2)14-17-12(9-13(20)18-14)16-11-3-6-19(7-4-11)8-5-15/h9-11H,3-4,6-8H2,1-2H3,(H2,16,17,18,20). The maximum atomic E-state index is 11.6. The van der Waals surface area contributed by atoms with Gasteiger partial charge in [0.05, 0.1) is 12.6 Å². The first-order valence-corrected chi connectivity index (χ1v) is 7.05. The molecule has 0 aromatic carbocycles. The number of hydrogen-bond donors (Lipinski definition) is 2. The lowest BCUT2D eigenvalue weighted by atomic mass is 10.1. The summed E-state index contributed by atoms with van der Waals surface area (Å²) in [6.07, 6.45) is 1.93. The molecule has 6 nitrogen and oxygen atoms in total. The maximum absolute atomic E-state index is 11.6. The van der Waals surface area contributed by atoms with Gasteiger partial charge < -0.3 is 10.3 Å². The molecule has 0 unspecified atom stereocenters. The summed E-state index contributed by atoms with van der Waals surface area (Å²) in [6.45, 7) is 6.31. The predicted octanol–water partition coefficient (Wildman–Crippen LogP) is 1.29. The van der Waals surface area contributed by atoms with E-state index >= 15 is 0 Å². The van der Waals surface area contributed by atoms with Gasteiger partial charge in [0.15, 0.2) is 0 Å². The van der Waals surface area contributed by atoms with Gasteiger partial charge in [-0.1, -0.05) is 13.8 Å². The molecule has 0 saturated carbocycles. The Morgan fingerprint density at radius 1 is 1.55 bits per heavy atom. The summed E-state index contributed by atoms with van der Waals surface area (Å²) in [5.41, 5.74) is -0.117. The van der Waals surface area contributed by atoms with Crippen LogP contribution in [0.25, 0.3) is 0 Å². The Morgan fingerprint density at radius 3 is 2.85 bits per heavy atom. The lowest BCUT2D eigenvalue weighted by Crippen LogP contribution is -2.39. The monoisotopic (exact) mass is 275 g/mol. The second-order valence-corrected chi connectivity index (χ2v) is 5.52. The quantitative estimate of drug-likeness (QED) is 0.809. The van der Waals surface area contributed by atoms with E-state index in [1.165, 1.54) is 6.07 Å². The van der Waals surface area contributed by atoms with Crippen molar-refractivity contribution in [3.8, 4) is 6.07 Å². The van der Waals surface area contributed by atoms with Crippen LogP contribution in [0.15, 0.2) is 10.9 Å². The summed E-state index contributed by atoms with van der Waals surface area (Å²) in [4.78, 5) is 21.0. The van der Waals surface area contributed by atoms with Crippen LogP contribution < -0.4 is 10.9 Å². The summed E-state index contributed by atoms with van der Waals surface area (Å²) in [6, 6.07) is 4.00. The lowest BCUT2D eigenvalue weighted by Gasteiger charge is -2.31. The minimum absolute atomic E-state index is 0.117. The van der Waals surface area contributed by atoms with Crippen molar-refractivity contribution in [1.29, 1.82) is 5.26 Å². The summed E-state index contributed by atoms with van der Waals surface area (Å²) in [5, 5.41) is 12.0. The van der Waals surface area contributed by atoms with Crippen LogP contribution in [-0.2, 0) is 0 Å². The number of H-pyrrole nitrogens is 1. The zero-order chi connectivity index (χ0) is 14.5. The van der Waals surface area contributed by atoms with Gasteiger partial charge in [0, 0.05) is 31.1 Å². The minimum Gasteiger partial charge on any atom is -0.367 e. The molecule has 1 aliphatic rings. The lowest BCUT2D eigenvalue weighted by molar-refractivity contribution is 0.242. The number of likely N-dealkylation sites (tertiary alicyclic amines) is 1. The van der Waals surface area contributed by atoms with Crippen molar-refractivity contribution in [2.24, 2.45) is 0 Å². The first-order valence-electron chi connectivity index (χ1n) is 7.05. The molecule has 0 atom stereocenters. The van der Waals surface area contributed by atoms with E-state index in [2.05, 4.69) is 26.3 Å². The Kier molecular flexibility index (Phi) is 4.74. The summed E-state index contributed by atoms with van der Waals surface area (Å²) < 4.78 is 0. The molecule has 2 N–H and O–H groups in total. The zero-order valence-electron chi connectivity index (χ0n) is 12.0. The molecule has 1 aliphatic heterocycles. The number of rotatable bonds is 4. The number of nitrogens with one attached hydrogen (secondary N) is 2. The molecule has 0 radical (unpaired) electrons. The highest BCUT2D eigenvalue weighted by Gasteiger charge is 2.19. The average molecular weight is 275 g/mol. The molecule has 0 bridgehead atoms. The SMILES string of the molecule is CC(C)c1nc(NC2CCN(CC#N)CC2)cc(=O)[nH]1. The van der Waals surface area contributed by atoms with E-state index in [9.17, 15) is 4.79 Å². The van der Waals surface area contributed by atoms with Crippen molar-refractivity contribution in [1.82, 2.24) is 14.9 Å². The van der Waals surface area contributed by atoms with Gasteiger partial charge in [-0.05, 0) is 12.8 Å². The molecule has 1 fully saturated rings. The van der Waals surface area contributed by atoms with E-state index in [1.54, 1.807) is 0 Å². The van der Waals surface area contributed by atoms with Gasteiger partial charge in [-0.2, -0.15) is 5.26 Å². The Bertz CT molecular complexity index is 537. The third-order valence-corrected chi connectivity index (χ3v) is 3.54. The van der Waals surface area contributed by atoms with E-state index in [0.29, 0.717) is 24.2 Å². The Labute approximate surface area is 118 Å².